The topological polar surface area (TPSA) is 49.3 Å². The number of carbonyl (C=O) groups excluding carboxylic acids is 1. The molecule has 0 fully saturated rings. The molecule has 110 valence electrons. The standard InChI is InChI=1S/C17H18FNO2/c18-15-5-1-14(2-6-15)11-17(21)12-19-16-7-3-13(4-8-16)9-10-20/h1-8,19-20H,9-12H2. The van der Waals surface area contributed by atoms with Crippen LogP contribution in [0.2, 0.25) is 0 Å². The van der Waals surface area contributed by atoms with Crippen LogP contribution in [0.3, 0.4) is 0 Å². The molecule has 0 bridgehead atoms. The van der Waals surface area contributed by atoms with E-state index in [-0.39, 0.29) is 31.2 Å². The number of rotatable bonds is 7. The van der Waals surface area contributed by atoms with Crippen molar-refractivity contribution in [2.45, 2.75) is 12.8 Å². The van der Waals surface area contributed by atoms with Crippen LogP contribution in [0, 0.1) is 5.82 Å². The highest BCUT2D eigenvalue weighted by Gasteiger charge is 2.04. The molecule has 0 saturated carbocycles. The number of ketones is 1. The first-order chi connectivity index (χ1) is 10.2. The zero-order valence-electron chi connectivity index (χ0n) is 11.7. The van der Waals surface area contributed by atoms with Crippen molar-refractivity contribution in [3.63, 3.8) is 0 Å². The lowest BCUT2D eigenvalue weighted by Crippen LogP contribution is -2.16. The third-order valence-corrected chi connectivity index (χ3v) is 3.16. The van der Waals surface area contributed by atoms with Crippen molar-refractivity contribution in [1.29, 1.82) is 0 Å². The molecule has 2 N–H and O–H groups in total. The Balaban J connectivity index is 1.81. The van der Waals surface area contributed by atoms with Crippen LogP contribution in [0.15, 0.2) is 48.5 Å². The summed E-state index contributed by atoms with van der Waals surface area (Å²) in [5, 5.41) is 11.9. The number of hydrogen-bond donors (Lipinski definition) is 2. The van der Waals surface area contributed by atoms with Gasteiger partial charge in [-0.25, -0.2) is 4.39 Å². The Labute approximate surface area is 123 Å². The first-order valence-electron chi connectivity index (χ1n) is 6.87. The lowest BCUT2D eigenvalue weighted by atomic mass is 10.1. The van der Waals surface area contributed by atoms with E-state index in [1.165, 1.54) is 12.1 Å². The molecule has 2 aromatic carbocycles. The molecule has 0 aromatic heterocycles. The predicted octanol–water partition coefficient (Wildman–Crippen LogP) is 2.58. The molecule has 0 atom stereocenters. The van der Waals surface area contributed by atoms with E-state index in [9.17, 15) is 9.18 Å². The summed E-state index contributed by atoms with van der Waals surface area (Å²) >= 11 is 0. The number of hydrogen-bond acceptors (Lipinski definition) is 3. The number of nitrogens with one attached hydrogen (secondary N) is 1. The number of aliphatic hydroxyl groups excluding tert-OH is 1. The molecule has 0 aliphatic carbocycles. The van der Waals surface area contributed by atoms with Crippen molar-refractivity contribution in [2.75, 3.05) is 18.5 Å². The van der Waals surface area contributed by atoms with Crippen molar-refractivity contribution in [2.24, 2.45) is 0 Å². The highest BCUT2D eigenvalue weighted by atomic mass is 19.1. The van der Waals surface area contributed by atoms with Gasteiger partial charge in [-0.2, -0.15) is 0 Å². The van der Waals surface area contributed by atoms with E-state index in [2.05, 4.69) is 5.32 Å². The second kappa shape index (κ2) is 7.55. The Kier molecular flexibility index (Phi) is 5.46. The maximum Gasteiger partial charge on any atom is 0.156 e. The Morgan fingerprint density at radius 1 is 1.00 bits per heavy atom. The van der Waals surface area contributed by atoms with E-state index in [4.69, 9.17) is 5.11 Å². The highest BCUT2D eigenvalue weighted by molar-refractivity contribution is 5.84. The number of aliphatic hydroxyl groups is 1. The fourth-order valence-corrected chi connectivity index (χ4v) is 2.01. The summed E-state index contributed by atoms with van der Waals surface area (Å²) in [5.41, 5.74) is 2.73. The molecule has 0 radical (unpaired) electrons. The average molecular weight is 287 g/mol. The minimum Gasteiger partial charge on any atom is -0.396 e. The first-order valence-corrected chi connectivity index (χ1v) is 6.87. The predicted molar refractivity (Wildman–Crippen MR) is 80.8 cm³/mol. The van der Waals surface area contributed by atoms with Crippen LogP contribution in [0.5, 0.6) is 0 Å². The van der Waals surface area contributed by atoms with Gasteiger partial charge in [-0.05, 0) is 41.8 Å². The zero-order chi connectivity index (χ0) is 15.1. The fourth-order valence-electron chi connectivity index (χ4n) is 2.01. The molecule has 2 aromatic rings. The van der Waals surface area contributed by atoms with E-state index in [0.717, 1.165) is 16.8 Å². The molecule has 2 rings (SSSR count). The maximum atomic E-state index is 12.8. The molecular formula is C17H18FNO2. The monoisotopic (exact) mass is 287 g/mol. The Morgan fingerprint density at radius 3 is 2.24 bits per heavy atom. The van der Waals surface area contributed by atoms with Gasteiger partial charge in [-0.3, -0.25) is 4.79 Å². The molecular weight excluding hydrogens is 269 g/mol. The summed E-state index contributed by atoms with van der Waals surface area (Å²) in [5.74, 6) is -0.256. The highest BCUT2D eigenvalue weighted by Crippen LogP contribution is 2.10. The van der Waals surface area contributed by atoms with E-state index in [0.29, 0.717) is 6.42 Å². The van der Waals surface area contributed by atoms with Gasteiger partial charge in [0.1, 0.15) is 5.82 Å². The summed E-state index contributed by atoms with van der Waals surface area (Å²) in [4.78, 5) is 11.9. The average Bonchev–Trinajstić information content (AvgIpc) is 2.49. The van der Waals surface area contributed by atoms with Crippen LogP contribution in [0.25, 0.3) is 0 Å². The van der Waals surface area contributed by atoms with Crippen molar-refractivity contribution in [3.8, 4) is 0 Å². The van der Waals surface area contributed by atoms with Gasteiger partial charge in [0.05, 0.1) is 6.54 Å². The summed E-state index contributed by atoms with van der Waals surface area (Å²) in [7, 11) is 0. The zero-order valence-corrected chi connectivity index (χ0v) is 11.7. The van der Waals surface area contributed by atoms with Crippen LogP contribution < -0.4 is 5.32 Å². The minimum absolute atomic E-state index is 0.0426. The van der Waals surface area contributed by atoms with Crippen LogP contribution in [0.4, 0.5) is 10.1 Å². The molecule has 0 aliphatic heterocycles. The van der Waals surface area contributed by atoms with Gasteiger partial charge in [0.2, 0.25) is 0 Å². The quantitative estimate of drug-likeness (QED) is 0.823. The van der Waals surface area contributed by atoms with Gasteiger partial charge >= 0.3 is 0 Å². The van der Waals surface area contributed by atoms with Crippen molar-refractivity contribution >= 4 is 11.5 Å². The second-order valence-corrected chi connectivity index (χ2v) is 4.87. The molecule has 0 spiro atoms. The van der Waals surface area contributed by atoms with Crippen molar-refractivity contribution in [1.82, 2.24) is 0 Å². The Bertz CT molecular complexity index is 579. The van der Waals surface area contributed by atoms with E-state index >= 15 is 0 Å². The van der Waals surface area contributed by atoms with E-state index < -0.39 is 0 Å². The van der Waals surface area contributed by atoms with Gasteiger partial charge in [0.25, 0.3) is 0 Å². The summed E-state index contributed by atoms with van der Waals surface area (Å²) in [6.07, 6.45) is 0.916. The van der Waals surface area contributed by atoms with E-state index in [1.54, 1.807) is 12.1 Å². The number of halogens is 1. The van der Waals surface area contributed by atoms with Crippen LogP contribution in [-0.2, 0) is 17.6 Å². The van der Waals surface area contributed by atoms with E-state index in [1.807, 2.05) is 24.3 Å². The fraction of sp³-hybridized carbons (Fsp3) is 0.235. The summed E-state index contributed by atoms with van der Waals surface area (Å²) in [6, 6.07) is 13.6. The lowest BCUT2D eigenvalue weighted by Gasteiger charge is -2.07. The number of anilines is 1. The molecule has 3 nitrogen and oxygen atoms in total. The molecule has 0 heterocycles. The molecule has 0 amide bonds. The summed E-state index contributed by atoms with van der Waals surface area (Å²) < 4.78 is 12.8. The molecule has 0 unspecified atom stereocenters. The van der Waals surface area contributed by atoms with Gasteiger partial charge < -0.3 is 10.4 Å². The smallest absolute Gasteiger partial charge is 0.156 e. The van der Waals surface area contributed by atoms with Crippen LogP contribution >= 0.6 is 0 Å². The lowest BCUT2D eigenvalue weighted by molar-refractivity contribution is -0.116. The Morgan fingerprint density at radius 2 is 1.62 bits per heavy atom. The van der Waals surface area contributed by atoms with Crippen molar-refractivity contribution in [3.05, 3.63) is 65.5 Å². The first kappa shape index (κ1) is 15.2. The third kappa shape index (κ3) is 5.00. The van der Waals surface area contributed by atoms with Crippen LogP contribution in [-0.4, -0.2) is 24.0 Å². The molecule has 4 heteroatoms. The second-order valence-electron chi connectivity index (χ2n) is 4.87. The summed E-state index contributed by atoms with van der Waals surface area (Å²) in [6.45, 7) is 0.361. The number of Topliss-reactive ketones (excluding diaryl/α,β-unsaturated/α-hetero) is 1. The van der Waals surface area contributed by atoms with Crippen LogP contribution in [0.1, 0.15) is 11.1 Å². The minimum atomic E-state index is -0.299. The molecule has 21 heavy (non-hydrogen) atoms. The van der Waals surface area contributed by atoms with Gasteiger partial charge in [0.15, 0.2) is 5.78 Å². The number of benzene rings is 2. The largest absolute Gasteiger partial charge is 0.396 e. The maximum absolute atomic E-state index is 12.8. The normalized spacial score (nSPS) is 10.4. The number of carbonyl (C=O) groups is 1. The third-order valence-electron chi connectivity index (χ3n) is 3.16. The van der Waals surface area contributed by atoms with Gasteiger partial charge in [-0.1, -0.05) is 24.3 Å². The van der Waals surface area contributed by atoms with Gasteiger partial charge in [-0.15, -0.1) is 0 Å². The molecule has 0 saturated heterocycles. The van der Waals surface area contributed by atoms with Crippen molar-refractivity contribution < 1.29 is 14.3 Å². The Hall–Kier alpha value is -2.20. The van der Waals surface area contributed by atoms with Gasteiger partial charge in [0, 0.05) is 18.7 Å². The SMILES string of the molecule is O=C(CNc1ccc(CCO)cc1)Cc1ccc(F)cc1. The molecule has 0 aliphatic rings.